The van der Waals surface area contributed by atoms with Crippen LogP contribution in [0.25, 0.3) is 10.2 Å². The average molecular weight is 278 g/mol. The molecule has 6 heteroatoms. The maximum absolute atomic E-state index is 11.9. The van der Waals surface area contributed by atoms with Crippen LogP contribution in [0.5, 0.6) is 0 Å². The van der Waals surface area contributed by atoms with Gasteiger partial charge in [-0.05, 0) is 43.3 Å². The Morgan fingerprint density at radius 2 is 2.47 bits per heavy atom. The van der Waals surface area contributed by atoms with Gasteiger partial charge in [-0.25, -0.2) is 4.98 Å². The highest BCUT2D eigenvalue weighted by Crippen LogP contribution is 2.18. The topological polar surface area (TPSA) is 75.0 Å². The number of aromatic nitrogens is 2. The second-order valence-electron chi connectivity index (χ2n) is 5.13. The van der Waals surface area contributed by atoms with Gasteiger partial charge in [0, 0.05) is 6.54 Å². The number of aromatic amines is 1. The van der Waals surface area contributed by atoms with Crippen LogP contribution in [0.4, 0.5) is 0 Å². The van der Waals surface area contributed by atoms with Crippen LogP contribution < -0.4 is 11.3 Å². The number of rotatable bonds is 3. The Kier molecular flexibility index (Phi) is 3.63. The largest absolute Gasteiger partial charge is 0.330 e. The molecule has 5 nitrogen and oxygen atoms in total. The summed E-state index contributed by atoms with van der Waals surface area (Å²) in [6.07, 6.45) is 2.38. The van der Waals surface area contributed by atoms with E-state index in [0.717, 1.165) is 31.0 Å². The van der Waals surface area contributed by atoms with Gasteiger partial charge in [0.1, 0.15) is 10.5 Å². The van der Waals surface area contributed by atoms with Crippen LogP contribution in [-0.2, 0) is 6.54 Å². The van der Waals surface area contributed by atoms with Crippen LogP contribution >= 0.6 is 11.3 Å². The van der Waals surface area contributed by atoms with Crippen molar-refractivity contribution in [1.82, 2.24) is 14.9 Å². The molecule has 3 rings (SSSR count). The molecule has 1 unspecified atom stereocenters. The number of thiophene rings is 1. The molecule has 2 aromatic rings. The zero-order chi connectivity index (χ0) is 13.2. The summed E-state index contributed by atoms with van der Waals surface area (Å²) in [5, 5.41) is 1.90. The predicted molar refractivity (Wildman–Crippen MR) is 77.3 cm³/mol. The number of nitrogens with two attached hydrogens (primary N) is 1. The number of piperidine rings is 1. The molecule has 2 aromatic heterocycles. The Labute approximate surface area is 115 Å². The summed E-state index contributed by atoms with van der Waals surface area (Å²) in [5.74, 6) is 1.33. The van der Waals surface area contributed by atoms with Crippen molar-refractivity contribution in [2.24, 2.45) is 11.7 Å². The molecule has 0 radical (unpaired) electrons. The van der Waals surface area contributed by atoms with E-state index >= 15 is 0 Å². The van der Waals surface area contributed by atoms with Gasteiger partial charge in [-0.1, -0.05) is 0 Å². The highest BCUT2D eigenvalue weighted by atomic mass is 32.1. The third-order valence-corrected chi connectivity index (χ3v) is 4.58. The van der Waals surface area contributed by atoms with Gasteiger partial charge in [-0.2, -0.15) is 0 Å². The molecule has 0 saturated carbocycles. The third kappa shape index (κ3) is 2.70. The number of nitrogens with zero attached hydrogens (tertiary/aromatic N) is 2. The van der Waals surface area contributed by atoms with Crippen molar-refractivity contribution in [2.45, 2.75) is 19.4 Å². The van der Waals surface area contributed by atoms with Crippen LogP contribution in [0.2, 0.25) is 0 Å². The molecule has 0 amide bonds. The molecule has 0 aromatic carbocycles. The minimum atomic E-state index is -0.0256. The SMILES string of the molecule is NCC1CCCN(Cc2nc3ccsc3c(=O)[nH]2)C1. The van der Waals surface area contributed by atoms with Crippen molar-refractivity contribution < 1.29 is 0 Å². The number of fused-ring (bicyclic) bond motifs is 1. The molecule has 3 N–H and O–H groups in total. The van der Waals surface area contributed by atoms with E-state index in [1.807, 2.05) is 11.4 Å². The van der Waals surface area contributed by atoms with E-state index in [4.69, 9.17) is 5.73 Å². The molecule has 1 atom stereocenters. The monoisotopic (exact) mass is 278 g/mol. The first kappa shape index (κ1) is 12.8. The van der Waals surface area contributed by atoms with Crippen molar-refractivity contribution in [2.75, 3.05) is 19.6 Å². The second kappa shape index (κ2) is 5.40. The van der Waals surface area contributed by atoms with Gasteiger partial charge in [0.25, 0.3) is 5.56 Å². The summed E-state index contributed by atoms with van der Waals surface area (Å²) < 4.78 is 0.710. The van der Waals surface area contributed by atoms with Gasteiger partial charge in [0.15, 0.2) is 0 Å². The average Bonchev–Trinajstić information content (AvgIpc) is 2.88. The first-order valence-electron chi connectivity index (χ1n) is 6.65. The third-order valence-electron chi connectivity index (χ3n) is 3.67. The molecule has 102 valence electrons. The smallest absolute Gasteiger partial charge is 0.268 e. The lowest BCUT2D eigenvalue weighted by Crippen LogP contribution is -2.38. The highest BCUT2D eigenvalue weighted by molar-refractivity contribution is 7.17. The molecule has 0 spiro atoms. The standard InChI is InChI=1S/C13H18N4OS/c14-6-9-2-1-4-17(7-9)8-11-15-10-3-5-19-12(10)13(18)16-11/h3,5,9H,1-2,4,6-8,14H2,(H,15,16,18). The molecular formula is C13H18N4OS. The predicted octanol–water partition coefficient (Wildman–Crippen LogP) is 1.16. The van der Waals surface area contributed by atoms with E-state index in [2.05, 4.69) is 14.9 Å². The second-order valence-corrected chi connectivity index (χ2v) is 6.04. The van der Waals surface area contributed by atoms with Crippen molar-refractivity contribution in [3.8, 4) is 0 Å². The van der Waals surface area contributed by atoms with E-state index in [0.29, 0.717) is 17.2 Å². The van der Waals surface area contributed by atoms with Crippen LogP contribution in [0.15, 0.2) is 16.2 Å². The number of hydrogen-bond donors (Lipinski definition) is 2. The van der Waals surface area contributed by atoms with Crippen LogP contribution in [0.3, 0.4) is 0 Å². The van der Waals surface area contributed by atoms with Crippen molar-refractivity contribution in [1.29, 1.82) is 0 Å². The lowest BCUT2D eigenvalue weighted by molar-refractivity contribution is 0.167. The first-order chi connectivity index (χ1) is 9.26. The van der Waals surface area contributed by atoms with Gasteiger partial charge >= 0.3 is 0 Å². The molecule has 3 heterocycles. The van der Waals surface area contributed by atoms with Crippen molar-refractivity contribution in [3.05, 3.63) is 27.6 Å². The Bertz CT molecular complexity index is 620. The van der Waals surface area contributed by atoms with Crippen LogP contribution in [0.1, 0.15) is 18.7 Å². The Balaban J connectivity index is 1.79. The summed E-state index contributed by atoms with van der Waals surface area (Å²) in [7, 11) is 0. The maximum atomic E-state index is 11.9. The summed E-state index contributed by atoms with van der Waals surface area (Å²) in [6, 6.07) is 1.90. The molecule has 0 aliphatic carbocycles. The summed E-state index contributed by atoms with van der Waals surface area (Å²) >= 11 is 1.44. The lowest BCUT2D eigenvalue weighted by Gasteiger charge is -2.31. The fourth-order valence-corrected chi connectivity index (χ4v) is 3.42. The van der Waals surface area contributed by atoms with Crippen molar-refractivity contribution in [3.63, 3.8) is 0 Å². The molecule has 1 aliphatic heterocycles. The van der Waals surface area contributed by atoms with E-state index in [9.17, 15) is 4.79 Å². The fraction of sp³-hybridized carbons (Fsp3) is 0.538. The van der Waals surface area contributed by atoms with Gasteiger partial charge in [0.2, 0.25) is 0 Å². The molecule has 0 bridgehead atoms. The molecule has 1 saturated heterocycles. The normalized spacial score (nSPS) is 21.0. The van der Waals surface area contributed by atoms with Gasteiger partial charge < -0.3 is 10.7 Å². The van der Waals surface area contributed by atoms with E-state index in [-0.39, 0.29) is 5.56 Å². The van der Waals surface area contributed by atoms with E-state index < -0.39 is 0 Å². The van der Waals surface area contributed by atoms with Gasteiger partial charge in [-0.3, -0.25) is 9.69 Å². The lowest BCUT2D eigenvalue weighted by atomic mass is 9.98. The minimum absolute atomic E-state index is 0.0256. The van der Waals surface area contributed by atoms with Gasteiger partial charge in [-0.15, -0.1) is 11.3 Å². The van der Waals surface area contributed by atoms with Gasteiger partial charge in [0.05, 0.1) is 12.1 Å². The number of hydrogen-bond acceptors (Lipinski definition) is 5. The Morgan fingerprint density at radius 1 is 1.58 bits per heavy atom. The quantitative estimate of drug-likeness (QED) is 0.883. The Hall–Kier alpha value is -1.24. The minimum Gasteiger partial charge on any atom is -0.330 e. The number of H-pyrrole nitrogens is 1. The first-order valence-corrected chi connectivity index (χ1v) is 7.53. The zero-order valence-corrected chi connectivity index (χ0v) is 11.6. The zero-order valence-electron chi connectivity index (χ0n) is 10.8. The van der Waals surface area contributed by atoms with Crippen LogP contribution in [-0.4, -0.2) is 34.5 Å². The molecular weight excluding hydrogens is 260 g/mol. The Morgan fingerprint density at radius 3 is 3.32 bits per heavy atom. The summed E-state index contributed by atoms with van der Waals surface area (Å²) in [6.45, 7) is 3.51. The molecule has 1 fully saturated rings. The van der Waals surface area contributed by atoms with Crippen LogP contribution in [0, 0.1) is 5.92 Å². The molecule has 1 aliphatic rings. The van der Waals surface area contributed by atoms with Crippen molar-refractivity contribution >= 4 is 21.6 Å². The molecule has 19 heavy (non-hydrogen) atoms. The fourth-order valence-electron chi connectivity index (χ4n) is 2.70. The maximum Gasteiger partial charge on any atom is 0.268 e. The highest BCUT2D eigenvalue weighted by Gasteiger charge is 2.19. The number of nitrogens with one attached hydrogen (secondary N) is 1. The summed E-state index contributed by atoms with van der Waals surface area (Å²) in [5.41, 5.74) is 6.52. The van der Waals surface area contributed by atoms with E-state index in [1.165, 1.54) is 24.2 Å². The van der Waals surface area contributed by atoms with E-state index in [1.54, 1.807) is 0 Å². The summed E-state index contributed by atoms with van der Waals surface area (Å²) in [4.78, 5) is 21.6. The number of likely N-dealkylation sites (tertiary alicyclic amines) is 1.